The minimum Gasteiger partial charge on any atom is -0.375 e. The molecule has 0 bridgehead atoms. The van der Waals surface area contributed by atoms with Crippen molar-refractivity contribution in [3.8, 4) is 0 Å². The molecule has 20 heavy (non-hydrogen) atoms. The molecule has 1 aliphatic heterocycles. The van der Waals surface area contributed by atoms with Gasteiger partial charge in [-0.25, -0.2) is 0 Å². The van der Waals surface area contributed by atoms with E-state index in [0.717, 1.165) is 31.7 Å². The smallest absolute Gasteiger partial charge is 0.241 e. The third-order valence-corrected chi connectivity index (χ3v) is 3.54. The Morgan fingerprint density at radius 2 is 1.90 bits per heavy atom. The van der Waals surface area contributed by atoms with Crippen molar-refractivity contribution in [2.45, 2.75) is 12.6 Å². The van der Waals surface area contributed by atoms with Gasteiger partial charge in [-0.05, 0) is 12.6 Å². The van der Waals surface area contributed by atoms with Gasteiger partial charge in [0.2, 0.25) is 5.91 Å². The maximum Gasteiger partial charge on any atom is 0.241 e. The number of piperazine rings is 1. The van der Waals surface area contributed by atoms with E-state index in [1.54, 1.807) is 0 Å². The molecule has 0 aromatic heterocycles. The van der Waals surface area contributed by atoms with E-state index in [-0.39, 0.29) is 12.5 Å². The van der Waals surface area contributed by atoms with Crippen LogP contribution in [0.3, 0.4) is 0 Å². The van der Waals surface area contributed by atoms with Gasteiger partial charge in [0, 0.05) is 26.2 Å². The summed E-state index contributed by atoms with van der Waals surface area (Å²) in [5.74, 6) is -0.00818. The first-order valence-corrected chi connectivity index (χ1v) is 7.01. The molecule has 0 saturated carbocycles. The molecular formula is C15H23N3O2. The summed E-state index contributed by atoms with van der Waals surface area (Å²) < 4.78 is 5.53. The first-order chi connectivity index (χ1) is 9.66. The van der Waals surface area contributed by atoms with Gasteiger partial charge in [-0.15, -0.1) is 0 Å². The Bertz CT molecular complexity index is 416. The minimum atomic E-state index is -0.567. The summed E-state index contributed by atoms with van der Waals surface area (Å²) in [5, 5.41) is 0. The number of carbonyl (C=O) groups excluding carboxylic acids is 1. The Kier molecular flexibility index (Phi) is 5.52. The van der Waals surface area contributed by atoms with E-state index in [2.05, 4.69) is 11.9 Å². The molecule has 5 heteroatoms. The third kappa shape index (κ3) is 4.30. The first-order valence-electron chi connectivity index (χ1n) is 7.01. The van der Waals surface area contributed by atoms with Crippen molar-refractivity contribution >= 4 is 5.91 Å². The van der Waals surface area contributed by atoms with Crippen molar-refractivity contribution in [3.05, 3.63) is 35.9 Å². The van der Waals surface area contributed by atoms with Gasteiger partial charge in [-0.2, -0.15) is 0 Å². The van der Waals surface area contributed by atoms with Crippen molar-refractivity contribution in [2.24, 2.45) is 5.73 Å². The molecule has 0 radical (unpaired) electrons. The molecule has 2 N–H and O–H groups in total. The van der Waals surface area contributed by atoms with Gasteiger partial charge in [0.15, 0.2) is 0 Å². The van der Waals surface area contributed by atoms with E-state index < -0.39 is 6.04 Å². The van der Waals surface area contributed by atoms with Crippen LogP contribution < -0.4 is 5.73 Å². The summed E-state index contributed by atoms with van der Waals surface area (Å²) in [5.41, 5.74) is 7.01. The van der Waals surface area contributed by atoms with E-state index >= 15 is 0 Å². The van der Waals surface area contributed by atoms with Gasteiger partial charge in [0.25, 0.3) is 0 Å². The average molecular weight is 277 g/mol. The molecule has 2 rings (SSSR count). The molecule has 110 valence electrons. The molecule has 1 atom stereocenters. The number of carbonyl (C=O) groups is 1. The highest BCUT2D eigenvalue weighted by atomic mass is 16.5. The highest BCUT2D eigenvalue weighted by molar-refractivity contribution is 5.81. The fourth-order valence-electron chi connectivity index (χ4n) is 2.21. The van der Waals surface area contributed by atoms with Crippen LogP contribution in [0.2, 0.25) is 0 Å². The highest BCUT2D eigenvalue weighted by Gasteiger charge is 2.24. The Morgan fingerprint density at radius 1 is 1.25 bits per heavy atom. The van der Waals surface area contributed by atoms with Gasteiger partial charge in [0.1, 0.15) is 6.04 Å². The molecule has 0 spiro atoms. The van der Waals surface area contributed by atoms with Crippen LogP contribution in [0.1, 0.15) is 5.56 Å². The van der Waals surface area contributed by atoms with Crippen molar-refractivity contribution < 1.29 is 9.53 Å². The number of rotatable bonds is 5. The van der Waals surface area contributed by atoms with Gasteiger partial charge in [-0.3, -0.25) is 4.79 Å². The monoisotopic (exact) mass is 277 g/mol. The normalized spacial score (nSPS) is 18.0. The Morgan fingerprint density at radius 3 is 2.55 bits per heavy atom. The lowest BCUT2D eigenvalue weighted by atomic mass is 10.2. The Labute approximate surface area is 120 Å². The lowest BCUT2D eigenvalue weighted by Gasteiger charge is -2.33. The maximum atomic E-state index is 12.1. The summed E-state index contributed by atoms with van der Waals surface area (Å²) in [4.78, 5) is 16.2. The van der Waals surface area contributed by atoms with E-state index in [9.17, 15) is 4.79 Å². The first kappa shape index (κ1) is 15.0. The molecule has 1 aliphatic rings. The van der Waals surface area contributed by atoms with E-state index in [1.807, 2.05) is 35.2 Å². The summed E-state index contributed by atoms with van der Waals surface area (Å²) in [7, 11) is 2.06. The molecular weight excluding hydrogens is 254 g/mol. The Hall–Kier alpha value is -1.43. The van der Waals surface area contributed by atoms with Gasteiger partial charge < -0.3 is 20.3 Å². The lowest BCUT2D eigenvalue weighted by Crippen LogP contribution is -2.53. The number of nitrogens with two attached hydrogens (primary N) is 1. The fraction of sp³-hybridized carbons (Fsp3) is 0.533. The number of likely N-dealkylation sites (N-methyl/N-ethyl adjacent to an activating group) is 1. The maximum absolute atomic E-state index is 12.1. The van der Waals surface area contributed by atoms with Crippen LogP contribution in [0.4, 0.5) is 0 Å². The lowest BCUT2D eigenvalue weighted by molar-refractivity contribution is -0.135. The van der Waals surface area contributed by atoms with Gasteiger partial charge in [-0.1, -0.05) is 30.3 Å². The predicted molar refractivity (Wildman–Crippen MR) is 78.2 cm³/mol. The summed E-state index contributed by atoms with van der Waals surface area (Å²) in [6.07, 6.45) is 0. The minimum absolute atomic E-state index is 0.00818. The van der Waals surface area contributed by atoms with Crippen molar-refractivity contribution in [1.82, 2.24) is 9.80 Å². The molecule has 5 nitrogen and oxygen atoms in total. The zero-order valence-electron chi connectivity index (χ0n) is 12.0. The number of benzene rings is 1. The van der Waals surface area contributed by atoms with Crippen LogP contribution in [-0.2, 0) is 16.1 Å². The van der Waals surface area contributed by atoms with Crippen LogP contribution in [0.5, 0.6) is 0 Å². The second kappa shape index (κ2) is 7.38. The van der Waals surface area contributed by atoms with E-state index in [1.165, 1.54) is 0 Å². The molecule has 1 amide bonds. The molecule has 0 aliphatic carbocycles. The second-order valence-electron chi connectivity index (χ2n) is 5.24. The van der Waals surface area contributed by atoms with Gasteiger partial charge >= 0.3 is 0 Å². The van der Waals surface area contributed by atoms with Crippen LogP contribution in [0.25, 0.3) is 0 Å². The van der Waals surface area contributed by atoms with E-state index in [0.29, 0.717) is 6.61 Å². The number of amides is 1. The van der Waals surface area contributed by atoms with Crippen LogP contribution in [0, 0.1) is 0 Å². The summed E-state index contributed by atoms with van der Waals surface area (Å²) >= 11 is 0. The molecule has 1 unspecified atom stereocenters. The SMILES string of the molecule is CN1CCN(C(=O)C(N)COCc2ccccc2)CC1. The van der Waals surface area contributed by atoms with Crippen molar-refractivity contribution in [1.29, 1.82) is 0 Å². The predicted octanol–water partition coefficient (Wildman–Crippen LogP) is 0.305. The number of nitrogens with zero attached hydrogens (tertiary/aromatic N) is 2. The largest absolute Gasteiger partial charge is 0.375 e. The van der Waals surface area contributed by atoms with Crippen LogP contribution >= 0.6 is 0 Å². The summed E-state index contributed by atoms with van der Waals surface area (Å²) in [6.45, 7) is 4.07. The van der Waals surface area contributed by atoms with E-state index in [4.69, 9.17) is 10.5 Å². The van der Waals surface area contributed by atoms with Crippen molar-refractivity contribution in [2.75, 3.05) is 39.8 Å². The molecule has 1 aromatic carbocycles. The number of hydrogen-bond donors (Lipinski definition) is 1. The number of ether oxygens (including phenoxy) is 1. The second-order valence-corrected chi connectivity index (χ2v) is 5.24. The molecule has 1 aromatic rings. The summed E-state index contributed by atoms with van der Waals surface area (Å²) in [6, 6.07) is 9.32. The Balaban J connectivity index is 1.71. The third-order valence-electron chi connectivity index (χ3n) is 3.54. The van der Waals surface area contributed by atoms with Crippen LogP contribution in [-0.4, -0.2) is 61.6 Å². The molecule has 1 saturated heterocycles. The zero-order valence-corrected chi connectivity index (χ0v) is 12.0. The van der Waals surface area contributed by atoms with Crippen LogP contribution in [0.15, 0.2) is 30.3 Å². The molecule has 1 fully saturated rings. The average Bonchev–Trinajstić information content (AvgIpc) is 2.48. The quantitative estimate of drug-likeness (QED) is 0.841. The fourth-order valence-corrected chi connectivity index (χ4v) is 2.21. The number of hydrogen-bond acceptors (Lipinski definition) is 4. The van der Waals surface area contributed by atoms with Gasteiger partial charge in [0.05, 0.1) is 13.2 Å². The zero-order chi connectivity index (χ0) is 14.4. The molecule has 1 heterocycles. The topological polar surface area (TPSA) is 58.8 Å². The standard InChI is InChI=1S/C15H23N3O2/c1-17-7-9-18(10-8-17)15(19)14(16)12-20-11-13-5-3-2-4-6-13/h2-6,14H,7-12,16H2,1H3. The van der Waals surface area contributed by atoms with Crippen molar-refractivity contribution in [3.63, 3.8) is 0 Å². The highest BCUT2D eigenvalue weighted by Crippen LogP contribution is 2.04.